The molecule has 0 aliphatic carbocycles. The summed E-state index contributed by atoms with van der Waals surface area (Å²) in [6.45, 7) is 0. The van der Waals surface area contributed by atoms with Crippen LogP contribution in [0.1, 0.15) is 5.69 Å². The molecule has 0 saturated heterocycles. The van der Waals surface area contributed by atoms with Crippen molar-refractivity contribution in [2.45, 2.75) is 15.5 Å². The van der Waals surface area contributed by atoms with Gasteiger partial charge in [0.05, 0.1) is 4.90 Å². The normalized spacial score (nSPS) is 11.6. The minimum atomic E-state index is -3.13. The van der Waals surface area contributed by atoms with Gasteiger partial charge in [0, 0.05) is 28.4 Å². The first-order valence-corrected chi connectivity index (χ1v) is 8.61. The van der Waals surface area contributed by atoms with Gasteiger partial charge in [0.25, 0.3) is 0 Å². The van der Waals surface area contributed by atoms with Crippen LogP contribution < -0.4 is 5.73 Å². The molecular formula is C10H11N3O2S3. The molecule has 0 unspecified atom stereocenters. The van der Waals surface area contributed by atoms with Crippen molar-refractivity contribution in [3.8, 4) is 0 Å². The molecule has 0 radical (unpaired) electrons. The van der Waals surface area contributed by atoms with E-state index in [0.29, 0.717) is 15.6 Å². The molecule has 0 atom stereocenters. The molecule has 0 aliphatic rings. The van der Waals surface area contributed by atoms with Gasteiger partial charge in [-0.25, -0.2) is 8.42 Å². The molecule has 1 aromatic heterocycles. The van der Waals surface area contributed by atoms with Gasteiger partial charge in [0.15, 0.2) is 9.84 Å². The lowest BCUT2D eigenvalue weighted by molar-refractivity contribution is 0.602. The van der Waals surface area contributed by atoms with E-state index in [1.54, 1.807) is 36.0 Å². The molecule has 2 N–H and O–H groups in total. The molecule has 0 fully saturated rings. The van der Waals surface area contributed by atoms with Crippen LogP contribution in [0.2, 0.25) is 0 Å². The zero-order chi connectivity index (χ0) is 13.2. The van der Waals surface area contributed by atoms with Gasteiger partial charge in [-0.1, -0.05) is 4.49 Å². The number of hydrogen-bond donors (Lipinski definition) is 1. The van der Waals surface area contributed by atoms with Crippen molar-refractivity contribution in [3.63, 3.8) is 0 Å². The maximum atomic E-state index is 11.3. The van der Waals surface area contributed by atoms with Gasteiger partial charge in [-0.2, -0.15) is 0 Å². The Hall–Kier alpha value is -1.12. The second-order valence-electron chi connectivity index (χ2n) is 3.62. The predicted octanol–water partition coefficient (Wildman–Crippen LogP) is 1.82. The standard InChI is InChI=1S/C10H11N3O2S3/c1-18(14,15)8-4-2-7(3-5-8)16-6-9-10(11)17-13-12-9/h2-5H,6,11H2,1H3. The van der Waals surface area contributed by atoms with Crippen LogP contribution in [0.25, 0.3) is 0 Å². The zero-order valence-electron chi connectivity index (χ0n) is 9.53. The van der Waals surface area contributed by atoms with Gasteiger partial charge in [0.1, 0.15) is 10.7 Å². The summed E-state index contributed by atoms with van der Waals surface area (Å²) in [6, 6.07) is 6.74. The SMILES string of the molecule is CS(=O)(=O)c1ccc(SCc2nnsc2N)cc1. The summed E-state index contributed by atoms with van der Waals surface area (Å²) in [5, 5.41) is 4.54. The molecule has 96 valence electrons. The third kappa shape index (κ3) is 3.21. The molecular weight excluding hydrogens is 290 g/mol. The molecule has 2 rings (SSSR count). The lowest BCUT2D eigenvalue weighted by atomic mass is 10.4. The van der Waals surface area contributed by atoms with Gasteiger partial charge < -0.3 is 5.73 Å². The van der Waals surface area contributed by atoms with Crippen molar-refractivity contribution in [2.24, 2.45) is 0 Å². The summed E-state index contributed by atoms with van der Waals surface area (Å²) in [5.41, 5.74) is 6.45. The number of aromatic nitrogens is 2. The average molecular weight is 301 g/mol. The Morgan fingerprint density at radius 3 is 2.50 bits per heavy atom. The highest BCUT2D eigenvalue weighted by Gasteiger charge is 2.08. The number of benzene rings is 1. The highest BCUT2D eigenvalue weighted by Crippen LogP contribution is 2.26. The Kier molecular flexibility index (Phi) is 3.88. The Bertz CT molecular complexity index is 635. The van der Waals surface area contributed by atoms with Crippen LogP contribution in [0, 0.1) is 0 Å². The molecule has 0 spiro atoms. The third-order valence-electron chi connectivity index (χ3n) is 2.21. The van der Waals surface area contributed by atoms with Crippen molar-refractivity contribution >= 4 is 38.1 Å². The second-order valence-corrected chi connectivity index (χ2v) is 7.47. The highest BCUT2D eigenvalue weighted by atomic mass is 32.2. The van der Waals surface area contributed by atoms with Gasteiger partial charge in [-0.05, 0) is 24.3 Å². The average Bonchev–Trinajstić information content (AvgIpc) is 2.72. The minimum Gasteiger partial charge on any atom is -0.388 e. The Balaban J connectivity index is 2.05. The first kappa shape index (κ1) is 13.3. The van der Waals surface area contributed by atoms with Crippen LogP contribution in [0.4, 0.5) is 5.00 Å². The van der Waals surface area contributed by atoms with Crippen LogP contribution in [-0.2, 0) is 15.6 Å². The highest BCUT2D eigenvalue weighted by molar-refractivity contribution is 7.98. The van der Waals surface area contributed by atoms with Crippen molar-refractivity contribution in [2.75, 3.05) is 12.0 Å². The number of rotatable bonds is 4. The van der Waals surface area contributed by atoms with E-state index in [1.807, 2.05) is 0 Å². The minimum absolute atomic E-state index is 0.321. The largest absolute Gasteiger partial charge is 0.388 e. The second kappa shape index (κ2) is 5.25. The quantitative estimate of drug-likeness (QED) is 0.867. The Morgan fingerprint density at radius 2 is 2.00 bits per heavy atom. The van der Waals surface area contributed by atoms with E-state index in [0.717, 1.165) is 10.6 Å². The summed E-state index contributed by atoms with van der Waals surface area (Å²) in [7, 11) is -3.13. The molecule has 1 aromatic carbocycles. The van der Waals surface area contributed by atoms with Crippen LogP contribution >= 0.6 is 23.3 Å². The zero-order valence-corrected chi connectivity index (χ0v) is 12.0. The molecule has 0 aliphatic heterocycles. The van der Waals surface area contributed by atoms with Gasteiger partial charge in [-0.3, -0.25) is 0 Å². The first-order valence-electron chi connectivity index (χ1n) is 4.96. The van der Waals surface area contributed by atoms with E-state index in [9.17, 15) is 8.42 Å². The molecule has 5 nitrogen and oxygen atoms in total. The predicted molar refractivity (Wildman–Crippen MR) is 73.4 cm³/mol. The maximum Gasteiger partial charge on any atom is 0.175 e. The van der Waals surface area contributed by atoms with Gasteiger partial charge in [0.2, 0.25) is 0 Å². The molecule has 18 heavy (non-hydrogen) atoms. The maximum absolute atomic E-state index is 11.3. The van der Waals surface area contributed by atoms with E-state index in [1.165, 1.54) is 17.8 Å². The fourth-order valence-electron chi connectivity index (χ4n) is 1.25. The first-order chi connectivity index (χ1) is 8.47. The number of nitrogens with zero attached hydrogens (tertiary/aromatic N) is 2. The fourth-order valence-corrected chi connectivity index (χ4v) is 3.26. The number of anilines is 1. The van der Waals surface area contributed by atoms with E-state index in [4.69, 9.17) is 5.73 Å². The number of nitrogens with two attached hydrogens (primary N) is 1. The topological polar surface area (TPSA) is 85.9 Å². The summed E-state index contributed by atoms with van der Waals surface area (Å²) >= 11 is 2.71. The number of hydrogen-bond acceptors (Lipinski definition) is 7. The number of sulfone groups is 1. The van der Waals surface area contributed by atoms with E-state index in [-0.39, 0.29) is 0 Å². The van der Waals surface area contributed by atoms with Crippen LogP contribution in [-0.4, -0.2) is 24.3 Å². The van der Waals surface area contributed by atoms with Crippen LogP contribution in [0.5, 0.6) is 0 Å². The van der Waals surface area contributed by atoms with Crippen molar-refractivity contribution in [1.29, 1.82) is 0 Å². The van der Waals surface area contributed by atoms with Crippen LogP contribution in [0.3, 0.4) is 0 Å². The lowest BCUT2D eigenvalue weighted by Gasteiger charge is -2.02. The number of thioether (sulfide) groups is 1. The summed E-state index contributed by atoms with van der Waals surface area (Å²) < 4.78 is 26.3. The van der Waals surface area contributed by atoms with E-state index >= 15 is 0 Å². The van der Waals surface area contributed by atoms with Crippen molar-refractivity contribution < 1.29 is 8.42 Å². The van der Waals surface area contributed by atoms with Gasteiger partial charge >= 0.3 is 0 Å². The molecule has 1 heterocycles. The Labute approximate surface area is 113 Å². The fraction of sp³-hybridized carbons (Fsp3) is 0.200. The summed E-state index contributed by atoms with van der Waals surface area (Å²) in [5.74, 6) is 0.626. The molecule has 0 saturated carbocycles. The summed E-state index contributed by atoms with van der Waals surface area (Å²) in [4.78, 5) is 1.29. The lowest BCUT2D eigenvalue weighted by Crippen LogP contribution is -1.96. The Morgan fingerprint density at radius 1 is 1.33 bits per heavy atom. The molecule has 0 amide bonds. The van der Waals surface area contributed by atoms with E-state index < -0.39 is 9.84 Å². The molecule has 8 heteroatoms. The third-order valence-corrected chi connectivity index (χ3v) is 4.96. The van der Waals surface area contributed by atoms with Crippen molar-refractivity contribution in [1.82, 2.24) is 9.59 Å². The smallest absolute Gasteiger partial charge is 0.175 e. The number of nitrogen functional groups attached to an aromatic ring is 1. The molecule has 2 aromatic rings. The molecule has 0 bridgehead atoms. The van der Waals surface area contributed by atoms with Crippen LogP contribution in [0.15, 0.2) is 34.1 Å². The van der Waals surface area contributed by atoms with Gasteiger partial charge in [-0.15, -0.1) is 16.9 Å². The monoisotopic (exact) mass is 301 g/mol. The van der Waals surface area contributed by atoms with E-state index in [2.05, 4.69) is 9.59 Å². The summed E-state index contributed by atoms with van der Waals surface area (Å²) in [6.07, 6.45) is 1.19. The van der Waals surface area contributed by atoms with Crippen molar-refractivity contribution in [3.05, 3.63) is 30.0 Å².